The smallest absolute Gasteiger partial charge is 0.252 e. The maximum atomic E-state index is 6.55. The van der Waals surface area contributed by atoms with Gasteiger partial charge in [-0.1, -0.05) is 51.1 Å². The van der Waals surface area contributed by atoms with Crippen molar-refractivity contribution in [2.75, 3.05) is 7.11 Å². The van der Waals surface area contributed by atoms with Gasteiger partial charge in [-0.3, -0.25) is 0 Å². The summed E-state index contributed by atoms with van der Waals surface area (Å²) in [5, 5.41) is 1.99. The van der Waals surface area contributed by atoms with Crippen molar-refractivity contribution in [3.63, 3.8) is 0 Å². The van der Waals surface area contributed by atoms with Gasteiger partial charge in [0.15, 0.2) is 0 Å². The van der Waals surface area contributed by atoms with Gasteiger partial charge in [0.2, 0.25) is 5.88 Å². The Morgan fingerprint density at radius 3 is 2.31 bits per heavy atom. The van der Waals surface area contributed by atoms with Gasteiger partial charge in [-0.15, -0.1) is 0 Å². The van der Waals surface area contributed by atoms with E-state index < -0.39 is 8.32 Å². The number of methoxy groups -OCH3 is 1. The zero-order valence-corrected chi connectivity index (χ0v) is 19.5. The molecular formula is C24H31NO3Si. The summed E-state index contributed by atoms with van der Waals surface area (Å²) in [6.45, 7) is 13.6. The Hall–Kier alpha value is -2.53. The van der Waals surface area contributed by atoms with Crippen molar-refractivity contribution in [1.29, 1.82) is 0 Å². The predicted molar refractivity (Wildman–Crippen MR) is 122 cm³/mol. The molecule has 0 radical (unpaired) electrons. The number of benzene rings is 2. The molecule has 0 bridgehead atoms. The van der Waals surface area contributed by atoms with E-state index in [-0.39, 0.29) is 5.04 Å². The zero-order chi connectivity index (χ0) is 21.2. The summed E-state index contributed by atoms with van der Waals surface area (Å²) in [7, 11) is -0.356. The van der Waals surface area contributed by atoms with E-state index in [2.05, 4.69) is 51.0 Å². The second-order valence-corrected chi connectivity index (χ2v) is 13.6. The van der Waals surface area contributed by atoms with E-state index in [1.807, 2.05) is 37.3 Å². The Bertz CT molecular complexity index is 994. The van der Waals surface area contributed by atoms with Crippen molar-refractivity contribution < 1.29 is 13.9 Å². The maximum absolute atomic E-state index is 6.55. The lowest BCUT2D eigenvalue weighted by atomic mass is 10.1. The van der Waals surface area contributed by atoms with Crippen molar-refractivity contribution in [2.45, 2.75) is 52.4 Å². The highest BCUT2D eigenvalue weighted by atomic mass is 28.4. The second kappa shape index (κ2) is 8.07. The van der Waals surface area contributed by atoms with Gasteiger partial charge in [0.1, 0.15) is 18.1 Å². The fourth-order valence-electron chi connectivity index (χ4n) is 2.95. The van der Waals surface area contributed by atoms with Gasteiger partial charge in [-0.2, -0.15) is 0 Å². The summed E-state index contributed by atoms with van der Waals surface area (Å²) in [5.74, 6) is 2.23. The third-order valence-electron chi connectivity index (χ3n) is 5.79. The third-order valence-corrected chi connectivity index (χ3v) is 10.1. The van der Waals surface area contributed by atoms with Crippen molar-refractivity contribution in [3.8, 4) is 17.4 Å². The van der Waals surface area contributed by atoms with Gasteiger partial charge in [0.25, 0.3) is 8.32 Å². The van der Waals surface area contributed by atoms with E-state index in [4.69, 9.17) is 13.9 Å². The fraction of sp³-hybridized carbons (Fsp3) is 0.375. The minimum absolute atomic E-state index is 0.0816. The molecule has 0 fully saturated rings. The van der Waals surface area contributed by atoms with Gasteiger partial charge >= 0.3 is 0 Å². The molecular weight excluding hydrogens is 378 g/mol. The number of ether oxygens (including phenoxy) is 2. The highest BCUT2D eigenvalue weighted by molar-refractivity contribution is 6.74. The number of hydrogen-bond donors (Lipinski definition) is 0. The molecule has 0 saturated heterocycles. The molecule has 2 aromatic carbocycles. The van der Waals surface area contributed by atoms with Crippen LogP contribution in [0.1, 0.15) is 31.9 Å². The summed E-state index contributed by atoms with van der Waals surface area (Å²) in [4.78, 5) is 4.57. The highest BCUT2D eigenvalue weighted by Gasteiger charge is 2.39. The minimum Gasteiger partial charge on any atom is -0.530 e. The van der Waals surface area contributed by atoms with Crippen molar-refractivity contribution in [3.05, 3.63) is 59.8 Å². The Morgan fingerprint density at radius 2 is 1.69 bits per heavy atom. The van der Waals surface area contributed by atoms with Crippen LogP contribution in [0.15, 0.2) is 48.7 Å². The molecule has 1 aromatic heterocycles. The lowest BCUT2D eigenvalue weighted by Crippen LogP contribution is -2.44. The predicted octanol–water partition coefficient (Wildman–Crippen LogP) is 6.51. The monoisotopic (exact) mass is 409 g/mol. The number of pyridine rings is 1. The fourth-order valence-corrected chi connectivity index (χ4v) is 3.90. The summed E-state index contributed by atoms with van der Waals surface area (Å²) < 4.78 is 18.5. The largest absolute Gasteiger partial charge is 0.530 e. The SMILES string of the molecule is COc1cc2c(O[Si](C)(C)C(C)(C)C)nccc2c(OCc2ccccc2)c1C. The first kappa shape index (κ1) is 21.2. The molecule has 0 N–H and O–H groups in total. The van der Waals surface area contributed by atoms with Crippen LogP contribution in [0.5, 0.6) is 17.4 Å². The zero-order valence-electron chi connectivity index (χ0n) is 18.5. The van der Waals surface area contributed by atoms with E-state index in [0.29, 0.717) is 12.5 Å². The van der Waals surface area contributed by atoms with Gasteiger partial charge < -0.3 is 13.9 Å². The number of rotatable bonds is 6. The van der Waals surface area contributed by atoms with Gasteiger partial charge in [0, 0.05) is 17.1 Å². The van der Waals surface area contributed by atoms with Gasteiger partial charge in [0.05, 0.1) is 12.5 Å². The summed E-state index contributed by atoms with van der Waals surface area (Å²) in [6, 6.07) is 14.2. The van der Waals surface area contributed by atoms with E-state index in [9.17, 15) is 0 Å². The van der Waals surface area contributed by atoms with E-state index in [1.54, 1.807) is 13.3 Å². The average molecular weight is 410 g/mol. The Morgan fingerprint density at radius 1 is 1.00 bits per heavy atom. The molecule has 5 heteroatoms. The molecule has 4 nitrogen and oxygen atoms in total. The normalized spacial score (nSPS) is 12.1. The molecule has 0 aliphatic heterocycles. The van der Waals surface area contributed by atoms with Crippen LogP contribution in [0.4, 0.5) is 0 Å². The standard InChI is InChI=1S/C24H31NO3Si/c1-17-21(26-5)15-20-19(22(17)27-16-18-11-9-8-10-12-18)13-14-25-23(20)28-29(6,7)24(2,3)4/h8-15H,16H2,1-7H3. The van der Waals surface area contributed by atoms with Crippen molar-refractivity contribution >= 4 is 19.1 Å². The molecule has 0 spiro atoms. The molecule has 0 amide bonds. The Kier molecular flexibility index (Phi) is 5.89. The number of fused-ring (bicyclic) bond motifs is 1. The van der Waals surface area contributed by atoms with Crippen LogP contribution in [-0.4, -0.2) is 20.4 Å². The molecule has 0 unspecified atom stereocenters. The Balaban J connectivity index is 2.08. The molecule has 0 aliphatic rings. The van der Waals surface area contributed by atoms with E-state index in [0.717, 1.165) is 33.4 Å². The van der Waals surface area contributed by atoms with Gasteiger partial charge in [-0.05, 0) is 42.8 Å². The first-order chi connectivity index (χ1) is 13.6. The van der Waals surface area contributed by atoms with Crippen LogP contribution in [-0.2, 0) is 6.61 Å². The van der Waals surface area contributed by atoms with Crippen LogP contribution in [0.2, 0.25) is 18.1 Å². The third kappa shape index (κ3) is 4.40. The molecule has 1 heterocycles. The first-order valence-electron chi connectivity index (χ1n) is 9.96. The molecule has 0 aliphatic carbocycles. The van der Waals surface area contributed by atoms with Crippen molar-refractivity contribution in [1.82, 2.24) is 4.98 Å². The lowest BCUT2D eigenvalue weighted by Gasteiger charge is -2.36. The molecule has 29 heavy (non-hydrogen) atoms. The van der Waals surface area contributed by atoms with Crippen LogP contribution in [0, 0.1) is 6.92 Å². The topological polar surface area (TPSA) is 40.6 Å². The second-order valence-electron chi connectivity index (χ2n) is 8.88. The molecule has 0 saturated carbocycles. The number of nitrogens with zero attached hydrogens (tertiary/aromatic N) is 1. The Labute approximate surface area is 175 Å². The quantitative estimate of drug-likeness (QED) is 0.435. The van der Waals surface area contributed by atoms with Crippen LogP contribution >= 0.6 is 0 Å². The van der Waals surface area contributed by atoms with Crippen LogP contribution in [0.3, 0.4) is 0 Å². The number of aromatic nitrogens is 1. The molecule has 154 valence electrons. The van der Waals surface area contributed by atoms with E-state index in [1.165, 1.54) is 0 Å². The average Bonchev–Trinajstić information content (AvgIpc) is 2.67. The summed E-state index contributed by atoms with van der Waals surface area (Å²) >= 11 is 0. The lowest BCUT2D eigenvalue weighted by molar-refractivity contribution is 0.305. The van der Waals surface area contributed by atoms with Crippen LogP contribution < -0.4 is 13.9 Å². The highest BCUT2D eigenvalue weighted by Crippen LogP contribution is 2.42. The van der Waals surface area contributed by atoms with Gasteiger partial charge in [-0.25, -0.2) is 4.98 Å². The minimum atomic E-state index is -2.04. The molecule has 3 rings (SSSR count). The summed E-state index contributed by atoms with van der Waals surface area (Å²) in [6.07, 6.45) is 1.80. The number of hydrogen-bond acceptors (Lipinski definition) is 4. The van der Waals surface area contributed by atoms with Crippen molar-refractivity contribution in [2.24, 2.45) is 0 Å². The van der Waals surface area contributed by atoms with Crippen LogP contribution in [0.25, 0.3) is 10.8 Å². The summed E-state index contributed by atoms with van der Waals surface area (Å²) in [5.41, 5.74) is 2.09. The molecule has 0 atom stereocenters. The van der Waals surface area contributed by atoms with E-state index >= 15 is 0 Å². The molecule has 3 aromatic rings. The maximum Gasteiger partial charge on any atom is 0.252 e. The first-order valence-corrected chi connectivity index (χ1v) is 12.9.